The molecule has 0 aromatic heterocycles. The molecule has 19 nitrogen and oxygen atoms in total. The van der Waals surface area contributed by atoms with Crippen molar-refractivity contribution in [3.8, 4) is 0 Å². The van der Waals surface area contributed by atoms with E-state index >= 15 is 0 Å². The lowest BCUT2D eigenvalue weighted by atomic mass is 9.96. The highest BCUT2D eigenvalue weighted by molar-refractivity contribution is 5.76. The van der Waals surface area contributed by atoms with Crippen molar-refractivity contribution in [1.82, 2.24) is 5.32 Å². The van der Waals surface area contributed by atoms with E-state index in [1.807, 2.05) is 6.08 Å². The highest BCUT2D eigenvalue weighted by Gasteiger charge is 2.54. The Bertz CT molecular complexity index is 2550. The molecule has 0 aromatic carbocycles. The number of aliphatic hydroxyl groups is 11. The van der Waals surface area contributed by atoms with Gasteiger partial charge in [-0.1, -0.05) is 300 Å². The Labute approximate surface area is 644 Å². The van der Waals surface area contributed by atoms with Crippen LogP contribution in [-0.2, 0) is 33.2 Å². The van der Waals surface area contributed by atoms with Gasteiger partial charge in [0, 0.05) is 6.42 Å². The Balaban J connectivity index is 1.39. The van der Waals surface area contributed by atoms with E-state index in [9.17, 15) is 61.0 Å². The van der Waals surface area contributed by atoms with Gasteiger partial charge in [-0.3, -0.25) is 4.79 Å². The van der Waals surface area contributed by atoms with Crippen molar-refractivity contribution in [3.63, 3.8) is 0 Å². The highest BCUT2D eigenvalue weighted by Crippen LogP contribution is 2.33. The molecule has 0 spiro atoms. The van der Waals surface area contributed by atoms with Crippen molar-refractivity contribution in [1.29, 1.82) is 0 Å². The molecular weight excluding hydrogens is 1360 g/mol. The van der Waals surface area contributed by atoms with E-state index < -0.39 is 124 Å². The third kappa shape index (κ3) is 45.5. The summed E-state index contributed by atoms with van der Waals surface area (Å²) < 4.78 is 34.4. The van der Waals surface area contributed by atoms with Crippen LogP contribution in [0.5, 0.6) is 0 Å². The van der Waals surface area contributed by atoms with Crippen LogP contribution < -0.4 is 5.32 Å². The standard InChI is InChI=1S/C88H145NO18/c1-3-5-7-9-11-13-15-17-19-21-23-25-27-28-29-30-31-32-33-34-35-36-37-38-39-40-41-42-44-46-48-50-52-54-56-58-60-62-64-66-76(94)89-71(72(93)65-63-61-59-57-55-53-51-49-47-45-43-26-24-22-20-18-16-14-12-10-8-6-4-2)70-102-86-82(100)79(97)84(74(68-91)104-86)107-88-83(101)80(98)85(75(69-92)105-88)106-87-81(99)78(96)77(95)73(67-90)103-87/h5,7,11,13,17,19,23,25,28-29,31-32,34-35,37-38,40-41,44,46,50,52,56,58,63,65,71-75,77-88,90-93,95-101H,3-4,6,8-10,12,14-16,18,20-22,24,26-27,30,33,36,39,42-43,45,47-49,51,53-55,57,59-62,64,66-70H2,1-2H3,(H,89,94)/b7-5-,13-11-,19-17-,25-23-,29-28-,32-31-,35-34-,38-37-,41-40-,46-44-,52-50-,58-56-,65-63+. The molecule has 0 aromatic rings. The molecule has 1 amide bonds. The predicted molar refractivity (Wildman–Crippen MR) is 429 cm³/mol. The summed E-state index contributed by atoms with van der Waals surface area (Å²) in [6.07, 6.45) is 70.8. The Hall–Kier alpha value is -4.59. The van der Waals surface area contributed by atoms with Crippen LogP contribution in [0.1, 0.15) is 258 Å². The number of carbonyl (C=O) groups is 1. The molecular formula is C88H145NO18. The second-order valence-electron chi connectivity index (χ2n) is 28.5. The second kappa shape index (κ2) is 66.1. The fraction of sp³-hybridized carbons (Fsp3) is 0.693. The topological polar surface area (TPSA) is 307 Å². The molecule has 0 radical (unpaired) electrons. The van der Waals surface area contributed by atoms with Gasteiger partial charge in [0.25, 0.3) is 0 Å². The Morgan fingerprint density at radius 2 is 0.645 bits per heavy atom. The lowest BCUT2D eigenvalue weighted by Crippen LogP contribution is -2.66. The van der Waals surface area contributed by atoms with Crippen LogP contribution in [0.4, 0.5) is 0 Å². The maximum Gasteiger partial charge on any atom is 0.220 e. The van der Waals surface area contributed by atoms with Crippen LogP contribution in [0, 0.1) is 0 Å². The summed E-state index contributed by atoms with van der Waals surface area (Å²) in [7, 11) is 0. The first-order valence-corrected chi connectivity index (χ1v) is 41.2. The zero-order valence-corrected chi connectivity index (χ0v) is 65.3. The number of carbonyl (C=O) groups excluding carboxylic acids is 1. The lowest BCUT2D eigenvalue weighted by molar-refractivity contribution is -0.379. The van der Waals surface area contributed by atoms with E-state index in [0.717, 1.165) is 116 Å². The van der Waals surface area contributed by atoms with E-state index in [2.05, 4.69) is 165 Å². The van der Waals surface area contributed by atoms with E-state index in [4.69, 9.17) is 28.4 Å². The average Bonchev–Trinajstić information content (AvgIpc) is 0.781. The van der Waals surface area contributed by atoms with Gasteiger partial charge >= 0.3 is 0 Å². The van der Waals surface area contributed by atoms with E-state index in [-0.39, 0.29) is 18.9 Å². The first-order valence-electron chi connectivity index (χ1n) is 41.2. The van der Waals surface area contributed by atoms with Crippen molar-refractivity contribution in [2.45, 2.75) is 362 Å². The number of ether oxygens (including phenoxy) is 6. The molecule has 610 valence electrons. The number of hydrogen-bond donors (Lipinski definition) is 12. The summed E-state index contributed by atoms with van der Waals surface area (Å²) in [4.78, 5) is 13.5. The molecule has 3 heterocycles. The molecule has 17 unspecified atom stereocenters. The molecule has 0 bridgehead atoms. The number of rotatable bonds is 63. The van der Waals surface area contributed by atoms with Gasteiger partial charge in [0.05, 0.1) is 38.6 Å². The molecule has 12 N–H and O–H groups in total. The Morgan fingerprint density at radius 1 is 0.346 bits per heavy atom. The number of nitrogens with one attached hydrogen (secondary N) is 1. The lowest BCUT2D eigenvalue weighted by Gasteiger charge is -2.48. The van der Waals surface area contributed by atoms with Crippen molar-refractivity contribution in [3.05, 3.63) is 158 Å². The van der Waals surface area contributed by atoms with Gasteiger partial charge in [0.2, 0.25) is 5.91 Å². The van der Waals surface area contributed by atoms with Crippen molar-refractivity contribution in [2.24, 2.45) is 0 Å². The van der Waals surface area contributed by atoms with Gasteiger partial charge in [-0.05, 0) is 109 Å². The Kier molecular flexibility index (Phi) is 59.6. The fourth-order valence-corrected chi connectivity index (χ4v) is 12.8. The summed E-state index contributed by atoms with van der Waals surface area (Å²) in [5.74, 6) is -0.322. The number of allylic oxidation sites excluding steroid dienone is 25. The van der Waals surface area contributed by atoms with Gasteiger partial charge in [0.15, 0.2) is 18.9 Å². The zero-order valence-electron chi connectivity index (χ0n) is 65.3. The average molecular weight is 1510 g/mol. The fourth-order valence-electron chi connectivity index (χ4n) is 12.8. The van der Waals surface area contributed by atoms with E-state index in [1.165, 1.54) is 116 Å². The highest BCUT2D eigenvalue weighted by atomic mass is 16.8. The van der Waals surface area contributed by atoms with Crippen molar-refractivity contribution < 1.29 is 89.4 Å². The number of aliphatic hydroxyl groups excluding tert-OH is 11. The molecule has 3 fully saturated rings. The summed E-state index contributed by atoms with van der Waals surface area (Å²) in [6, 6.07) is -1.01. The van der Waals surface area contributed by atoms with Gasteiger partial charge in [-0.15, -0.1) is 0 Å². The number of amides is 1. The largest absolute Gasteiger partial charge is 0.394 e. The van der Waals surface area contributed by atoms with Gasteiger partial charge < -0.3 is 89.9 Å². The molecule has 17 atom stereocenters. The monoisotopic (exact) mass is 1500 g/mol. The molecule has 0 saturated carbocycles. The van der Waals surface area contributed by atoms with Crippen LogP contribution in [0.3, 0.4) is 0 Å². The first kappa shape index (κ1) is 96.6. The summed E-state index contributed by atoms with van der Waals surface area (Å²) in [6.45, 7) is 1.59. The third-order valence-corrected chi connectivity index (χ3v) is 19.3. The van der Waals surface area contributed by atoms with E-state index in [1.54, 1.807) is 6.08 Å². The van der Waals surface area contributed by atoms with E-state index in [0.29, 0.717) is 6.42 Å². The molecule has 19 heteroatoms. The minimum Gasteiger partial charge on any atom is -0.394 e. The third-order valence-electron chi connectivity index (χ3n) is 19.3. The minimum absolute atomic E-state index is 0.178. The molecule has 3 aliphatic rings. The first-order chi connectivity index (χ1) is 52.3. The summed E-state index contributed by atoms with van der Waals surface area (Å²) in [5.41, 5.74) is 0. The SMILES string of the molecule is CC/C=C\C/C=C\C/C=C\C/C=C\C/C=C\C/C=C\C/C=C\C/C=C\C/C=C\C/C=C\C/C=C\C/C=C\CCCCC(=O)NC(COC1OC(CO)C(OC2OC(CO)C(OC3OC(CO)C(O)C(O)C3O)C(O)C2O)C(O)C1O)C(O)/C=C/CCCCCCCCCCCCCCCCCCCCCCC. The molecule has 3 saturated heterocycles. The normalized spacial score (nSPS) is 26.4. The molecule has 0 aliphatic carbocycles. The molecule has 107 heavy (non-hydrogen) atoms. The maximum absolute atomic E-state index is 13.5. The molecule has 3 rings (SSSR count). The smallest absolute Gasteiger partial charge is 0.220 e. The van der Waals surface area contributed by atoms with Crippen molar-refractivity contribution in [2.75, 3.05) is 26.4 Å². The van der Waals surface area contributed by atoms with Crippen LogP contribution in [0.25, 0.3) is 0 Å². The van der Waals surface area contributed by atoms with Crippen LogP contribution in [0.15, 0.2) is 158 Å². The summed E-state index contributed by atoms with van der Waals surface area (Å²) >= 11 is 0. The number of hydrogen-bond acceptors (Lipinski definition) is 18. The zero-order chi connectivity index (χ0) is 77.4. The second-order valence-corrected chi connectivity index (χ2v) is 28.5. The molecule has 3 aliphatic heterocycles. The van der Waals surface area contributed by atoms with Crippen molar-refractivity contribution >= 4 is 5.91 Å². The maximum atomic E-state index is 13.5. The van der Waals surface area contributed by atoms with Crippen LogP contribution >= 0.6 is 0 Å². The predicted octanol–water partition coefficient (Wildman–Crippen LogP) is 14.4. The minimum atomic E-state index is -1.99. The van der Waals surface area contributed by atoms with Gasteiger partial charge in [0.1, 0.15) is 73.2 Å². The van der Waals surface area contributed by atoms with Crippen LogP contribution in [-0.4, -0.2) is 193 Å². The quantitative estimate of drug-likeness (QED) is 0.0199. The summed E-state index contributed by atoms with van der Waals surface area (Å²) in [5, 5.41) is 121. The number of unbranched alkanes of at least 4 members (excludes halogenated alkanes) is 23. The van der Waals surface area contributed by atoms with Crippen LogP contribution in [0.2, 0.25) is 0 Å². The Morgan fingerprint density at radius 3 is 1.01 bits per heavy atom. The van der Waals surface area contributed by atoms with Gasteiger partial charge in [-0.25, -0.2) is 0 Å². The van der Waals surface area contributed by atoms with Gasteiger partial charge in [-0.2, -0.15) is 0 Å².